The van der Waals surface area contributed by atoms with E-state index in [9.17, 15) is 19.7 Å². The van der Waals surface area contributed by atoms with Crippen molar-refractivity contribution >= 4 is 17.6 Å². The zero-order valence-electron chi connectivity index (χ0n) is 12.2. The van der Waals surface area contributed by atoms with Crippen LogP contribution in [0.15, 0.2) is 12.3 Å². The van der Waals surface area contributed by atoms with E-state index < -0.39 is 28.0 Å². The SMILES string of the molecule is CCOC(=O)C(C)(C)c1ncc(C(=O)OC)cc1[N+](=O)[O-]. The maximum Gasteiger partial charge on any atom is 0.339 e. The number of pyridine rings is 1. The molecule has 8 nitrogen and oxygen atoms in total. The van der Waals surface area contributed by atoms with Crippen LogP contribution in [-0.2, 0) is 19.7 Å². The number of methoxy groups -OCH3 is 1. The number of hydrogen-bond acceptors (Lipinski definition) is 7. The van der Waals surface area contributed by atoms with Crippen molar-refractivity contribution in [3.8, 4) is 0 Å². The van der Waals surface area contributed by atoms with Gasteiger partial charge in [-0.1, -0.05) is 0 Å². The highest BCUT2D eigenvalue weighted by Crippen LogP contribution is 2.31. The first kappa shape index (κ1) is 16.5. The minimum absolute atomic E-state index is 0.0624. The first-order valence-corrected chi connectivity index (χ1v) is 6.16. The Bertz CT molecular complexity index is 582. The van der Waals surface area contributed by atoms with Crippen molar-refractivity contribution in [3.63, 3.8) is 0 Å². The van der Waals surface area contributed by atoms with Gasteiger partial charge in [-0.3, -0.25) is 19.9 Å². The molecule has 8 heteroatoms. The topological polar surface area (TPSA) is 109 Å². The number of rotatable bonds is 5. The van der Waals surface area contributed by atoms with E-state index in [1.165, 1.54) is 13.8 Å². The van der Waals surface area contributed by atoms with Gasteiger partial charge in [0.1, 0.15) is 11.1 Å². The Morgan fingerprint density at radius 1 is 1.43 bits per heavy atom. The van der Waals surface area contributed by atoms with Crippen LogP contribution >= 0.6 is 0 Å². The van der Waals surface area contributed by atoms with Gasteiger partial charge in [-0.2, -0.15) is 0 Å². The third kappa shape index (κ3) is 3.33. The molecule has 1 aromatic heterocycles. The standard InChI is InChI=1S/C13H16N2O6/c1-5-21-12(17)13(2,3)10-9(15(18)19)6-8(7-14-10)11(16)20-4/h6-7H,5H2,1-4H3. The van der Waals surface area contributed by atoms with Crippen molar-refractivity contribution in [3.05, 3.63) is 33.6 Å². The third-order valence-corrected chi connectivity index (χ3v) is 2.86. The molecule has 0 saturated heterocycles. The van der Waals surface area contributed by atoms with Gasteiger partial charge in [0, 0.05) is 12.3 Å². The molecule has 21 heavy (non-hydrogen) atoms. The average molecular weight is 296 g/mol. The Hall–Kier alpha value is -2.51. The minimum atomic E-state index is -1.31. The fraction of sp³-hybridized carbons (Fsp3) is 0.462. The summed E-state index contributed by atoms with van der Waals surface area (Å²) in [6, 6.07) is 1.04. The van der Waals surface area contributed by atoms with Crippen LogP contribution in [0.4, 0.5) is 5.69 Å². The molecule has 0 amide bonds. The monoisotopic (exact) mass is 296 g/mol. The van der Waals surface area contributed by atoms with Gasteiger partial charge in [0.25, 0.3) is 5.69 Å². The molecule has 1 heterocycles. The summed E-state index contributed by atoms with van der Waals surface area (Å²) in [4.78, 5) is 37.7. The number of ether oxygens (including phenoxy) is 2. The van der Waals surface area contributed by atoms with Gasteiger partial charge in [-0.05, 0) is 20.8 Å². The van der Waals surface area contributed by atoms with Crippen molar-refractivity contribution < 1.29 is 24.0 Å². The highest BCUT2D eigenvalue weighted by atomic mass is 16.6. The van der Waals surface area contributed by atoms with Crippen LogP contribution in [0.25, 0.3) is 0 Å². The molecule has 0 aliphatic heterocycles. The summed E-state index contributed by atoms with van der Waals surface area (Å²) in [6.45, 7) is 4.72. The lowest BCUT2D eigenvalue weighted by molar-refractivity contribution is -0.386. The largest absolute Gasteiger partial charge is 0.465 e. The smallest absolute Gasteiger partial charge is 0.339 e. The number of nitro groups is 1. The summed E-state index contributed by atoms with van der Waals surface area (Å²) in [5, 5.41) is 11.2. The molecule has 0 saturated carbocycles. The lowest BCUT2D eigenvalue weighted by atomic mass is 9.87. The lowest BCUT2D eigenvalue weighted by Gasteiger charge is -2.21. The van der Waals surface area contributed by atoms with E-state index in [1.54, 1.807) is 6.92 Å². The van der Waals surface area contributed by atoms with Crippen LogP contribution in [0.5, 0.6) is 0 Å². The molecule has 0 radical (unpaired) electrons. The Balaban J connectivity index is 3.39. The molecule has 0 bridgehead atoms. The van der Waals surface area contributed by atoms with E-state index in [0.29, 0.717) is 0 Å². The minimum Gasteiger partial charge on any atom is -0.465 e. The van der Waals surface area contributed by atoms with Crippen LogP contribution in [0, 0.1) is 10.1 Å². The number of hydrogen-bond donors (Lipinski definition) is 0. The maximum absolute atomic E-state index is 11.9. The number of nitrogens with zero attached hydrogens (tertiary/aromatic N) is 2. The Morgan fingerprint density at radius 2 is 2.05 bits per heavy atom. The Labute approximate surface area is 121 Å². The number of carbonyl (C=O) groups is 2. The van der Waals surface area contributed by atoms with Crippen LogP contribution in [-0.4, -0.2) is 35.6 Å². The zero-order valence-corrected chi connectivity index (χ0v) is 12.2. The molecule has 0 N–H and O–H groups in total. The van der Waals surface area contributed by atoms with E-state index in [0.717, 1.165) is 19.4 Å². The molecule has 1 aromatic rings. The van der Waals surface area contributed by atoms with Gasteiger partial charge in [0.15, 0.2) is 0 Å². The van der Waals surface area contributed by atoms with Gasteiger partial charge < -0.3 is 9.47 Å². The predicted molar refractivity (Wildman–Crippen MR) is 71.9 cm³/mol. The second-order valence-electron chi connectivity index (χ2n) is 4.69. The van der Waals surface area contributed by atoms with Gasteiger partial charge in [-0.15, -0.1) is 0 Å². The Kier molecular flexibility index (Phi) is 4.96. The molecule has 114 valence electrons. The summed E-state index contributed by atoms with van der Waals surface area (Å²) in [5.41, 5.74) is -1.88. The molecule has 1 rings (SSSR count). The second kappa shape index (κ2) is 6.29. The molecular formula is C13H16N2O6. The van der Waals surface area contributed by atoms with E-state index in [-0.39, 0.29) is 17.9 Å². The first-order chi connectivity index (χ1) is 9.75. The molecule has 0 spiro atoms. The number of carbonyl (C=O) groups excluding carboxylic acids is 2. The van der Waals surface area contributed by atoms with E-state index in [1.807, 2.05) is 0 Å². The fourth-order valence-corrected chi connectivity index (χ4v) is 1.71. The van der Waals surface area contributed by atoms with Crippen molar-refractivity contribution in [2.45, 2.75) is 26.2 Å². The van der Waals surface area contributed by atoms with E-state index in [2.05, 4.69) is 9.72 Å². The summed E-state index contributed by atoms with van der Waals surface area (Å²) < 4.78 is 9.39. The van der Waals surface area contributed by atoms with E-state index >= 15 is 0 Å². The van der Waals surface area contributed by atoms with Crippen LogP contribution in [0.3, 0.4) is 0 Å². The van der Waals surface area contributed by atoms with Crippen LogP contribution in [0.1, 0.15) is 36.8 Å². The highest BCUT2D eigenvalue weighted by Gasteiger charge is 2.39. The molecule has 0 aliphatic carbocycles. The quantitative estimate of drug-likeness (QED) is 0.461. The Morgan fingerprint density at radius 3 is 2.52 bits per heavy atom. The third-order valence-electron chi connectivity index (χ3n) is 2.86. The van der Waals surface area contributed by atoms with Crippen LogP contribution < -0.4 is 0 Å². The molecule has 0 fully saturated rings. The molecule has 0 atom stereocenters. The van der Waals surface area contributed by atoms with Gasteiger partial charge in [-0.25, -0.2) is 4.79 Å². The fourth-order valence-electron chi connectivity index (χ4n) is 1.71. The second-order valence-corrected chi connectivity index (χ2v) is 4.69. The predicted octanol–water partition coefficient (Wildman–Crippen LogP) is 1.62. The average Bonchev–Trinajstić information content (AvgIpc) is 2.45. The van der Waals surface area contributed by atoms with Crippen molar-refractivity contribution in [1.82, 2.24) is 4.98 Å². The molecule has 0 aliphatic rings. The zero-order chi connectivity index (χ0) is 16.2. The maximum atomic E-state index is 11.9. The van der Waals surface area contributed by atoms with Gasteiger partial charge in [0.05, 0.1) is 24.2 Å². The van der Waals surface area contributed by atoms with Crippen molar-refractivity contribution in [2.75, 3.05) is 13.7 Å². The van der Waals surface area contributed by atoms with Gasteiger partial charge in [0.2, 0.25) is 0 Å². The first-order valence-electron chi connectivity index (χ1n) is 6.16. The highest BCUT2D eigenvalue weighted by molar-refractivity contribution is 5.90. The number of esters is 2. The summed E-state index contributed by atoms with van der Waals surface area (Å²) >= 11 is 0. The van der Waals surface area contributed by atoms with E-state index in [4.69, 9.17) is 4.74 Å². The van der Waals surface area contributed by atoms with Crippen LogP contribution in [0.2, 0.25) is 0 Å². The number of aromatic nitrogens is 1. The van der Waals surface area contributed by atoms with Crippen molar-refractivity contribution in [1.29, 1.82) is 0 Å². The summed E-state index contributed by atoms with van der Waals surface area (Å²) in [6.07, 6.45) is 1.13. The summed E-state index contributed by atoms with van der Waals surface area (Å²) in [5.74, 6) is -1.38. The van der Waals surface area contributed by atoms with Gasteiger partial charge >= 0.3 is 11.9 Å². The molecule has 0 aromatic carbocycles. The summed E-state index contributed by atoms with van der Waals surface area (Å²) in [7, 11) is 1.16. The molecular weight excluding hydrogens is 280 g/mol. The lowest BCUT2D eigenvalue weighted by Crippen LogP contribution is -2.33. The normalized spacial score (nSPS) is 10.9. The molecule has 0 unspecified atom stereocenters. The van der Waals surface area contributed by atoms with Crippen molar-refractivity contribution in [2.24, 2.45) is 0 Å².